The van der Waals surface area contributed by atoms with E-state index in [1.54, 1.807) is 0 Å². The second-order valence-electron chi connectivity index (χ2n) is 9.04. The Bertz CT molecular complexity index is 391. The highest BCUT2D eigenvalue weighted by atomic mass is 16.3. The molecule has 0 bridgehead atoms. The summed E-state index contributed by atoms with van der Waals surface area (Å²) in [6, 6.07) is 0. The van der Waals surface area contributed by atoms with Crippen molar-refractivity contribution in [3.05, 3.63) is 0 Å². The van der Waals surface area contributed by atoms with Gasteiger partial charge in [-0.25, -0.2) is 0 Å². The molecule has 1 heteroatoms. The minimum absolute atomic E-state index is 0.00895. The summed E-state index contributed by atoms with van der Waals surface area (Å²) >= 11 is 0. The fraction of sp³-hybridized carbons (Fsp3) is 1.00. The van der Waals surface area contributed by atoms with Crippen LogP contribution in [-0.2, 0) is 0 Å². The molecule has 0 spiro atoms. The van der Waals surface area contributed by atoms with Gasteiger partial charge in [0.05, 0.1) is 6.10 Å². The second kappa shape index (κ2) is 4.48. The highest BCUT2D eigenvalue weighted by molar-refractivity contribution is 5.08. The Kier molecular flexibility index (Phi) is 3.05. The number of fused-ring (bicyclic) bond motifs is 5. The predicted molar refractivity (Wildman–Crippen MR) is 82.4 cm³/mol. The Morgan fingerprint density at radius 3 is 2.40 bits per heavy atom. The van der Waals surface area contributed by atoms with Crippen LogP contribution in [0.5, 0.6) is 0 Å². The van der Waals surface area contributed by atoms with Gasteiger partial charge in [0, 0.05) is 0 Å². The maximum atomic E-state index is 10.5. The molecule has 4 fully saturated rings. The lowest BCUT2D eigenvalue weighted by atomic mass is 9.45. The summed E-state index contributed by atoms with van der Waals surface area (Å²) in [5.74, 6) is 3.76. The molecule has 20 heavy (non-hydrogen) atoms. The van der Waals surface area contributed by atoms with Gasteiger partial charge in [-0.2, -0.15) is 0 Å². The van der Waals surface area contributed by atoms with Crippen molar-refractivity contribution in [2.24, 2.45) is 34.5 Å². The summed E-state index contributed by atoms with van der Waals surface area (Å²) in [5.41, 5.74) is 0.912. The van der Waals surface area contributed by atoms with E-state index in [1.165, 1.54) is 57.8 Å². The van der Waals surface area contributed by atoms with E-state index in [0.29, 0.717) is 5.41 Å². The summed E-state index contributed by atoms with van der Waals surface area (Å²) in [6.07, 6.45) is 14.0. The monoisotopic (exact) mass is 276 g/mol. The van der Waals surface area contributed by atoms with Crippen LogP contribution in [-0.4, -0.2) is 11.2 Å². The molecule has 0 saturated heterocycles. The van der Waals surface area contributed by atoms with Crippen LogP contribution in [0.15, 0.2) is 0 Å². The van der Waals surface area contributed by atoms with Crippen LogP contribution in [0.2, 0.25) is 0 Å². The molecule has 0 aliphatic heterocycles. The molecule has 4 saturated carbocycles. The summed E-state index contributed by atoms with van der Waals surface area (Å²) in [7, 11) is 0. The molecule has 6 unspecified atom stereocenters. The highest BCUT2D eigenvalue weighted by Crippen LogP contribution is 2.66. The van der Waals surface area contributed by atoms with Crippen LogP contribution in [0.25, 0.3) is 0 Å². The third kappa shape index (κ3) is 1.65. The van der Waals surface area contributed by atoms with E-state index >= 15 is 0 Å². The number of aliphatic hydroxyl groups excluding tert-OH is 1. The molecule has 0 radical (unpaired) electrons. The lowest BCUT2D eigenvalue weighted by Gasteiger charge is -2.60. The fourth-order valence-electron chi connectivity index (χ4n) is 7.27. The maximum Gasteiger partial charge on any atom is 0.0596 e. The van der Waals surface area contributed by atoms with Crippen LogP contribution >= 0.6 is 0 Å². The first-order chi connectivity index (χ1) is 9.56. The van der Waals surface area contributed by atoms with Crippen LogP contribution < -0.4 is 0 Å². The Morgan fingerprint density at radius 2 is 1.55 bits per heavy atom. The molecule has 0 aromatic rings. The summed E-state index contributed by atoms with van der Waals surface area (Å²) < 4.78 is 0. The third-order valence-corrected chi connectivity index (χ3v) is 8.53. The van der Waals surface area contributed by atoms with Crippen molar-refractivity contribution < 1.29 is 5.11 Å². The second-order valence-corrected chi connectivity index (χ2v) is 9.04. The van der Waals surface area contributed by atoms with Gasteiger partial charge < -0.3 is 5.11 Å². The van der Waals surface area contributed by atoms with Crippen LogP contribution in [0.1, 0.15) is 78.1 Å². The van der Waals surface area contributed by atoms with Crippen molar-refractivity contribution in [3.8, 4) is 0 Å². The minimum Gasteiger partial charge on any atom is -0.393 e. The van der Waals surface area contributed by atoms with Gasteiger partial charge in [0.25, 0.3) is 0 Å². The molecule has 7 atom stereocenters. The van der Waals surface area contributed by atoms with Gasteiger partial charge >= 0.3 is 0 Å². The van der Waals surface area contributed by atoms with Gasteiger partial charge in [-0.3, -0.25) is 0 Å². The first-order valence-electron chi connectivity index (χ1n) is 9.24. The van der Waals surface area contributed by atoms with Gasteiger partial charge in [-0.1, -0.05) is 26.7 Å². The smallest absolute Gasteiger partial charge is 0.0596 e. The zero-order valence-electron chi connectivity index (χ0n) is 13.4. The van der Waals surface area contributed by atoms with E-state index in [9.17, 15) is 5.11 Å². The number of hydrogen-bond acceptors (Lipinski definition) is 1. The third-order valence-electron chi connectivity index (χ3n) is 8.53. The van der Waals surface area contributed by atoms with Gasteiger partial charge in [0.1, 0.15) is 0 Å². The average Bonchev–Trinajstić information content (AvgIpc) is 2.74. The Morgan fingerprint density at radius 1 is 0.750 bits per heavy atom. The molecule has 0 aromatic heterocycles. The molecule has 1 N–H and O–H groups in total. The Balaban J connectivity index is 1.64. The molecule has 0 aromatic carbocycles. The van der Waals surface area contributed by atoms with Crippen molar-refractivity contribution in [2.45, 2.75) is 84.2 Å². The molecule has 4 aliphatic rings. The molecule has 114 valence electrons. The molecule has 4 rings (SSSR count). The number of rotatable bonds is 0. The molecular formula is C19H32O. The number of aliphatic hydroxyl groups is 1. The van der Waals surface area contributed by atoms with E-state index in [-0.39, 0.29) is 11.5 Å². The van der Waals surface area contributed by atoms with Gasteiger partial charge in [0.15, 0.2) is 0 Å². The largest absolute Gasteiger partial charge is 0.393 e. The van der Waals surface area contributed by atoms with Crippen molar-refractivity contribution in [2.75, 3.05) is 0 Å². The summed E-state index contributed by atoms with van der Waals surface area (Å²) in [4.78, 5) is 0. The summed E-state index contributed by atoms with van der Waals surface area (Å²) in [5, 5.41) is 10.5. The van der Waals surface area contributed by atoms with Gasteiger partial charge in [-0.15, -0.1) is 0 Å². The Labute approximate surface area is 124 Å². The normalized spacial score (nSPS) is 58.6. The standard InChI is InChI=1S/C19H32O/c1-18-11-4-3-5-13(18)6-7-14-15-8-9-17(20)19(15,2)12-10-16(14)18/h13-17,20H,3-12H2,1-2H3/t13-,14?,15?,16?,17?,18?,19?/m1/s1. The van der Waals surface area contributed by atoms with Gasteiger partial charge in [0.2, 0.25) is 0 Å². The van der Waals surface area contributed by atoms with E-state index in [0.717, 1.165) is 30.1 Å². The van der Waals surface area contributed by atoms with E-state index in [4.69, 9.17) is 0 Å². The zero-order valence-corrected chi connectivity index (χ0v) is 13.4. The van der Waals surface area contributed by atoms with Crippen molar-refractivity contribution in [1.29, 1.82) is 0 Å². The highest BCUT2D eigenvalue weighted by Gasteiger charge is 2.59. The predicted octanol–water partition coefficient (Wildman–Crippen LogP) is 4.78. The first kappa shape index (κ1) is 13.6. The molecule has 1 nitrogen and oxygen atoms in total. The first-order valence-corrected chi connectivity index (χ1v) is 9.24. The average molecular weight is 276 g/mol. The summed E-state index contributed by atoms with van der Waals surface area (Å²) in [6.45, 7) is 5.04. The Hall–Kier alpha value is -0.0400. The van der Waals surface area contributed by atoms with E-state index in [2.05, 4.69) is 13.8 Å². The minimum atomic E-state index is -0.00895. The van der Waals surface area contributed by atoms with Crippen molar-refractivity contribution >= 4 is 0 Å². The quantitative estimate of drug-likeness (QED) is 0.675. The topological polar surface area (TPSA) is 20.2 Å². The van der Waals surface area contributed by atoms with Crippen LogP contribution in [0.4, 0.5) is 0 Å². The SMILES string of the molecule is CC12CCC3C(CC[C@H]4CCCCC34C)C1CCC2O. The van der Waals surface area contributed by atoms with Gasteiger partial charge in [-0.05, 0) is 85.9 Å². The lowest BCUT2D eigenvalue weighted by molar-refractivity contribution is -0.120. The van der Waals surface area contributed by atoms with E-state index in [1.807, 2.05) is 0 Å². The molecular weight excluding hydrogens is 244 g/mol. The maximum absolute atomic E-state index is 10.5. The zero-order chi connectivity index (χ0) is 14.0. The molecule has 0 amide bonds. The van der Waals surface area contributed by atoms with E-state index < -0.39 is 0 Å². The van der Waals surface area contributed by atoms with Crippen LogP contribution in [0, 0.1) is 34.5 Å². The van der Waals surface area contributed by atoms with Crippen molar-refractivity contribution in [3.63, 3.8) is 0 Å². The molecule has 4 aliphatic carbocycles. The van der Waals surface area contributed by atoms with Crippen LogP contribution in [0.3, 0.4) is 0 Å². The fourth-order valence-corrected chi connectivity index (χ4v) is 7.27. The molecule has 0 heterocycles. The lowest BCUT2D eigenvalue weighted by Crippen LogP contribution is -2.53. The number of hydrogen-bond donors (Lipinski definition) is 1. The van der Waals surface area contributed by atoms with Crippen molar-refractivity contribution in [1.82, 2.24) is 0 Å².